The van der Waals surface area contributed by atoms with Gasteiger partial charge in [0.1, 0.15) is 11.8 Å². The van der Waals surface area contributed by atoms with Gasteiger partial charge in [-0.1, -0.05) is 68.4 Å². The molecule has 3 rings (SSSR count). The highest BCUT2D eigenvalue weighted by molar-refractivity contribution is 5.98. The number of hydrogen-bond acceptors (Lipinski definition) is 3. The Bertz CT molecular complexity index is 1060. The van der Waals surface area contributed by atoms with E-state index in [2.05, 4.69) is 36.6 Å². The standard InChI is InChI=1S/C29H34N2O3/c1-20(2)18-23-10-12-24(13-11-23)21(3)28(32)31-27(19-22-8-6-5-7-9-22)29(33)30-25-14-16-26(34-4)17-15-25/h5-17,20-21,27H,18-19H2,1-4H3,(H,30,33)(H,31,32)/t21?,27-/m0/s1. The van der Waals surface area contributed by atoms with Crippen LogP contribution in [-0.2, 0) is 22.4 Å². The molecule has 0 saturated heterocycles. The van der Waals surface area contributed by atoms with E-state index in [1.165, 1.54) is 5.56 Å². The molecule has 178 valence electrons. The van der Waals surface area contributed by atoms with E-state index in [0.717, 1.165) is 17.5 Å². The van der Waals surface area contributed by atoms with Crippen LogP contribution in [0.25, 0.3) is 0 Å². The number of anilines is 1. The van der Waals surface area contributed by atoms with Crippen LogP contribution in [0.15, 0.2) is 78.9 Å². The summed E-state index contributed by atoms with van der Waals surface area (Å²) in [5.74, 6) is 0.472. The van der Waals surface area contributed by atoms with Gasteiger partial charge >= 0.3 is 0 Å². The largest absolute Gasteiger partial charge is 0.497 e. The maximum Gasteiger partial charge on any atom is 0.247 e. The lowest BCUT2D eigenvalue weighted by atomic mass is 9.95. The van der Waals surface area contributed by atoms with Crippen LogP contribution < -0.4 is 15.4 Å². The third-order valence-corrected chi connectivity index (χ3v) is 5.79. The highest BCUT2D eigenvalue weighted by Gasteiger charge is 2.25. The highest BCUT2D eigenvalue weighted by atomic mass is 16.5. The van der Waals surface area contributed by atoms with Crippen molar-refractivity contribution in [2.24, 2.45) is 5.92 Å². The van der Waals surface area contributed by atoms with Crippen LogP contribution in [0.4, 0.5) is 5.69 Å². The molecule has 0 heterocycles. The first-order valence-corrected chi connectivity index (χ1v) is 11.7. The van der Waals surface area contributed by atoms with Crippen LogP contribution in [-0.4, -0.2) is 25.0 Å². The molecule has 0 bridgehead atoms. The molecule has 1 unspecified atom stereocenters. The van der Waals surface area contributed by atoms with E-state index in [1.807, 2.05) is 49.4 Å². The second-order valence-electron chi connectivity index (χ2n) is 9.03. The molecule has 5 heteroatoms. The SMILES string of the molecule is COc1ccc(NC(=O)[C@H](Cc2ccccc2)NC(=O)C(C)c2ccc(CC(C)C)cc2)cc1. The first-order valence-electron chi connectivity index (χ1n) is 11.7. The fraction of sp³-hybridized carbons (Fsp3) is 0.310. The highest BCUT2D eigenvalue weighted by Crippen LogP contribution is 2.19. The molecular formula is C29H34N2O3. The fourth-order valence-corrected chi connectivity index (χ4v) is 3.82. The van der Waals surface area contributed by atoms with Crippen LogP contribution in [0, 0.1) is 5.92 Å². The molecule has 0 saturated carbocycles. The van der Waals surface area contributed by atoms with Crippen molar-refractivity contribution in [2.45, 2.75) is 45.6 Å². The summed E-state index contributed by atoms with van der Waals surface area (Å²) in [6.07, 6.45) is 1.40. The Labute approximate surface area is 202 Å². The lowest BCUT2D eigenvalue weighted by Crippen LogP contribution is -2.46. The van der Waals surface area contributed by atoms with Crippen molar-refractivity contribution in [1.82, 2.24) is 5.32 Å². The van der Waals surface area contributed by atoms with Crippen molar-refractivity contribution in [2.75, 3.05) is 12.4 Å². The van der Waals surface area contributed by atoms with Crippen molar-refractivity contribution >= 4 is 17.5 Å². The molecule has 0 aliphatic heterocycles. The first-order chi connectivity index (χ1) is 16.4. The summed E-state index contributed by atoms with van der Waals surface area (Å²) >= 11 is 0. The minimum atomic E-state index is -0.709. The van der Waals surface area contributed by atoms with Crippen molar-refractivity contribution in [3.8, 4) is 5.75 Å². The van der Waals surface area contributed by atoms with Crippen molar-refractivity contribution in [3.63, 3.8) is 0 Å². The van der Waals surface area contributed by atoms with Gasteiger partial charge in [0.2, 0.25) is 11.8 Å². The minimum absolute atomic E-state index is 0.178. The van der Waals surface area contributed by atoms with E-state index < -0.39 is 6.04 Å². The van der Waals surface area contributed by atoms with E-state index in [4.69, 9.17) is 4.74 Å². The molecule has 0 fully saturated rings. The summed E-state index contributed by atoms with van der Waals surface area (Å²) in [7, 11) is 1.60. The van der Waals surface area contributed by atoms with Gasteiger partial charge in [0.15, 0.2) is 0 Å². The quantitative estimate of drug-likeness (QED) is 0.430. The lowest BCUT2D eigenvalue weighted by molar-refractivity contribution is -0.127. The minimum Gasteiger partial charge on any atom is -0.497 e. The molecule has 3 aromatic carbocycles. The molecule has 0 aliphatic carbocycles. The predicted octanol–water partition coefficient (Wildman–Crippen LogP) is 5.36. The van der Waals surface area contributed by atoms with Gasteiger partial charge in [-0.05, 0) is 60.2 Å². The monoisotopic (exact) mass is 458 g/mol. The zero-order valence-electron chi connectivity index (χ0n) is 20.4. The van der Waals surface area contributed by atoms with Gasteiger partial charge in [0, 0.05) is 12.1 Å². The molecule has 2 amide bonds. The Morgan fingerprint density at radius 3 is 1.97 bits per heavy atom. The summed E-state index contributed by atoms with van der Waals surface area (Å²) in [5, 5.41) is 5.89. The zero-order chi connectivity index (χ0) is 24.5. The van der Waals surface area contributed by atoms with Crippen LogP contribution in [0.5, 0.6) is 5.75 Å². The number of benzene rings is 3. The average Bonchev–Trinajstić information content (AvgIpc) is 2.84. The van der Waals surface area contributed by atoms with Crippen molar-refractivity contribution in [1.29, 1.82) is 0 Å². The first kappa shape index (κ1) is 25.0. The number of nitrogens with one attached hydrogen (secondary N) is 2. The molecule has 2 atom stereocenters. The number of rotatable bonds is 10. The van der Waals surface area contributed by atoms with E-state index in [9.17, 15) is 9.59 Å². The Balaban J connectivity index is 1.72. The van der Waals surface area contributed by atoms with E-state index in [0.29, 0.717) is 23.8 Å². The number of carbonyl (C=O) groups is 2. The van der Waals surface area contributed by atoms with Gasteiger partial charge in [-0.2, -0.15) is 0 Å². The summed E-state index contributed by atoms with van der Waals surface area (Å²) in [5.41, 5.74) is 3.81. The number of methoxy groups -OCH3 is 1. The Hall–Kier alpha value is -3.60. The summed E-state index contributed by atoms with van der Waals surface area (Å²) in [6.45, 7) is 6.25. The summed E-state index contributed by atoms with van der Waals surface area (Å²) < 4.78 is 5.18. The fourth-order valence-electron chi connectivity index (χ4n) is 3.82. The van der Waals surface area contributed by atoms with E-state index in [1.54, 1.807) is 31.4 Å². The molecule has 2 N–H and O–H groups in total. The van der Waals surface area contributed by atoms with Crippen LogP contribution in [0.1, 0.15) is 43.4 Å². The Morgan fingerprint density at radius 2 is 1.38 bits per heavy atom. The third kappa shape index (κ3) is 7.20. The Morgan fingerprint density at radius 1 is 0.765 bits per heavy atom. The Kier molecular flexibility index (Phi) is 8.86. The topological polar surface area (TPSA) is 67.4 Å². The van der Waals surface area contributed by atoms with Gasteiger partial charge in [-0.15, -0.1) is 0 Å². The summed E-state index contributed by atoms with van der Waals surface area (Å²) in [6, 6.07) is 24.3. The molecular weight excluding hydrogens is 424 g/mol. The second-order valence-corrected chi connectivity index (χ2v) is 9.03. The number of hydrogen-bond donors (Lipinski definition) is 2. The number of ether oxygens (including phenoxy) is 1. The molecule has 0 aromatic heterocycles. The average molecular weight is 459 g/mol. The molecule has 0 spiro atoms. The number of amides is 2. The molecule has 5 nitrogen and oxygen atoms in total. The summed E-state index contributed by atoms with van der Waals surface area (Å²) in [4.78, 5) is 26.3. The lowest BCUT2D eigenvalue weighted by Gasteiger charge is -2.21. The van der Waals surface area contributed by atoms with Crippen molar-refractivity contribution in [3.05, 3.63) is 95.6 Å². The van der Waals surface area contributed by atoms with Crippen LogP contribution in [0.3, 0.4) is 0 Å². The zero-order valence-corrected chi connectivity index (χ0v) is 20.4. The van der Waals surface area contributed by atoms with Crippen LogP contribution >= 0.6 is 0 Å². The van der Waals surface area contributed by atoms with E-state index >= 15 is 0 Å². The van der Waals surface area contributed by atoms with Gasteiger partial charge in [0.05, 0.1) is 13.0 Å². The van der Waals surface area contributed by atoms with Gasteiger partial charge in [-0.3, -0.25) is 9.59 Å². The third-order valence-electron chi connectivity index (χ3n) is 5.79. The molecule has 34 heavy (non-hydrogen) atoms. The number of carbonyl (C=O) groups excluding carboxylic acids is 2. The van der Waals surface area contributed by atoms with Gasteiger partial charge in [-0.25, -0.2) is 0 Å². The van der Waals surface area contributed by atoms with Crippen LogP contribution in [0.2, 0.25) is 0 Å². The van der Waals surface area contributed by atoms with Gasteiger partial charge < -0.3 is 15.4 Å². The van der Waals surface area contributed by atoms with E-state index in [-0.39, 0.29) is 17.7 Å². The molecule has 0 aliphatic rings. The predicted molar refractivity (Wildman–Crippen MR) is 137 cm³/mol. The normalized spacial score (nSPS) is 12.6. The molecule has 0 radical (unpaired) electrons. The van der Waals surface area contributed by atoms with Gasteiger partial charge in [0.25, 0.3) is 0 Å². The maximum atomic E-state index is 13.2. The van der Waals surface area contributed by atoms with Crippen molar-refractivity contribution < 1.29 is 14.3 Å². The maximum absolute atomic E-state index is 13.2. The molecule has 3 aromatic rings. The second kappa shape index (κ2) is 12.0. The smallest absolute Gasteiger partial charge is 0.247 e.